The molecule has 0 atom stereocenters. The predicted octanol–water partition coefficient (Wildman–Crippen LogP) is 5.10. The number of aromatic nitrogens is 2. The second-order valence-corrected chi connectivity index (χ2v) is 8.03. The summed E-state index contributed by atoms with van der Waals surface area (Å²) in [5.41, 5.74) is 1.42. The number of thiophene rings is 1. The van der Waals surface area contributed by atoms with E-state index in [1.807, 2.05) is 35.7 Å². The van der Waals surface area contributed by atoms with Crippen molar-refractivity contribution in [2.45, 2.75) is 5.75 Å². The van der Waals surface area contributed by atoms with E-state index in [2.05, 4.69) is 9.97 Å². The lowest BCUT2D eigenvalue weighted by molar-refractivity contribution is 0.344. The van der Waals surface area contributed by atoms with Gasteiger partial charge in [0.2, 0.25) is 0 Å². The Labute approximate surface area is 169 Å². The van der Waals surface area contributed by atoms with Crippen LogP contribution < -0.4 is 10.3 Å². The Balaban J connectivity index is 1.42. The fourth-order valence-electron chi connectivity index (χ4n) is 2.81. The molecule has 0 aliphatic carbocycles. The van der Waals surface area contributed by atoms with Crippen LogP contribution in [0.1, 0.15) is 5.82 Å². The van der Waals surface area contributed by atoms with Crippen LogP contribution in [0.2, 0.25) is 0 Å². The third kappa shape index (κ3) is 4.26. The normalized spacial score (nSPS) is 11.0. The van der Waals surface area contributed by atoms with Crippen LogP contribution in [0.25, 0.3) is 21.3 Å². The number of hydrogen-bond acceptors (Lipinski definition) is 5. The molecule has 4 nitrogen and oxygen atoms in total. The number of hydrogen-bond donors (Lipinski definition) is 1. The lowest BCUT2D eigenvalue weighted by atomic mass is 10.1. The SMILES string of the molecule is O=c1[nH]c(CSCCOc2ccccc2)nc2scc(-c3ccc(F)cc3)c12. The molecule has 2 heterocycles. The van der Waals surface area contributed by atoms with Crippen molar-refractivity contribution in [2.75, 3.05) is 12.4 Å². The topological polar surface area (TPSA) is 55.0 Å². The molecule has 0 spiro atoms. The molecule has 28 heavy (non-hydrogen) atoms. The Hall–Kier alpha value is -2.64. The Morgan fingerprint density at radius 3 is 2.68 bits per heavy atom. The first kappa shape index (κ1) is 18.7. The van der Waals surface area contributed by atoms with Gasteiger partial charge < -0.3 is 9.72 Å². The second kappa shape index (κ2) is 8.58. The largest absolute Gasteiger partial charge is 0.493 e. The van der Waals surface area contributed by atoms with Gasteiger partial charge in [0.25, 0.3) is 5.56 Å². The van der Waals surface area contributed by atoms with Gasteiger partial charge in [0.15, 0.2) is 0 Å². The number of H-pyrrole nitrogens is 1. The van der Waals surface area contributed by atoms with E-state index in [4.69, 9.17) is 4.74 Å². The number of halogens is 1. The molecule has 2 aromatic heterocycles. The van der Waals surface area contributed by atoms with Gasteiger partial charge in [-0.05, 0) is 29.8 Å². The highest BCUT2D eigenvalue weighted by Crippen LogP contribution is 2.31. The number of aromatic amines is 1. The van der Waals surface area contributed by atoms with E-state index in [1.165, 1.54) is 23.5 Å². The van der Waals surface area contributed by atoms with Gasteiger partial charge in [-0.25, -0.2) is 9.37 Å². The molecule has 0 amide bonds. The highest BCUT2D eigenvalue weighted by atomic mass is 32.2. The summed E-state index contributed by atoms with van der Waals surface area (Å²) in [5.74, 6) is 2.60. The molecular formula is C21H17FN2O2S2. The van der Waals surface area contributed by atoms with Gasteiger partial charge in [-0.2, -0.15) is 11.8 Å². The zero-order valence-corrected chi connectivity index (χ0v) is 16.5. The van der Waals surface area contributed by atoms with Crippen molar-refractivity contribution < 1.29 is 9.13 Å². The average Bonchev–Trinajstić information content (AvgIpc) is 3.14. The molecule has 0 saturated carbocycles. The summed E-state index contributed by atoms with van der Waals surface area (Å²) >= 11 is 3.08. The maximum atomic E-state index is 13.2. The highest BCUT2D eigenvalue weighted by Gasteiger charge is 2.13. The van der Waals surface area contributed by atoms with Crippen molar-refractivity contribution >= 4 is 33.3 Å². The Bertz CT molecular complexity index is 1120. The van der Waals surface area contributed by atoms with Crippen molar-refractivity contribution in [1.82, 2.24) is 9.97 Å². The van der Waals surface area contributed by atoms with Crippen molar-refractivity contribution in [3.8, 4) is 16.9 Å². The molecule has 1 N–H and O–H groups in total. The van der Waals surface area contributed by atoms with Crippen molar-refractivity contribution in [1.29, 1.82) is 0 Å². The molecule has 7 heteroatoms. The molecule has 0 bridgehead atoms. The first-order valence-corrected chi connectivity index (χ1v) is 10.8. The van der Waals surface area contributed by atoms with Crippen LogP contribution in [0.4, 0.5) is 4.39 Å². The van der Waals surface area contributed by atoms with Crippen LogP contribution in [0.15, 0.2) is 64.8 Å². The summed E-state index contributed by atoms with van der Waals surface area (Å²) in [4.78, 5) is 20.7. The minimum atomic E-state index is -0.300. The van der Waals surface area contributed by atoms with Gasteiger partial charge in [0, 0.05) is 16.7 Å². The van der Waals surface area contributed by atoms with Gasteiger partial charge in [-0.15, -0.1) is 11.3 Å². The lowest BCUT2D eigenvalue weighted by Gasteiger charge is -2.06. The fraction of sp³-hybridized carbons (Fsp3) is 0.143. The third-order valence-corrected chi connectivity index (χ3v) is 5.93. The molecule has 0 aliphatic heterocycles. The lowest BCUT2D eigenvalue weighted by Crippen LogP contribution is -2.11. The maximum Gasteiger partial charge on any atom is 0.260 e. The summed E-state index contributed by atoms with van der Waals surface area (Å²) in [6.45, 7) is 0.592. The minimum Gasteiger partial charge on any atom is -0.493 e. The Morgan fingerprint density at radius 1 is 1.11 bits per heavy atom. The molecule has 0 radical (unpaired) electrons. The number of benzene rings is 2. The van der Waals surface area contributed by atoms with E-state index in [0.717, 1.165) is 22.6 Å². The summed E-state index contributed by atoms with van der Waals surface area (Å²) in [5, 5.41) is 2.45. The molecule has 2 aromatic carbocycles. The molecule has 142 valence electrons. The van der Waals surface area contributed by atoms with Gasteiger partial charge in [-0.3, -0.25) is 4.79 Å². The molecule has 4 rings (SSSR count). The number of nitrogens with one attached hydrogen (secondary N) is 1. The number of ether oxygens (including phenoxy) is 1. The van der Waals surface area contributed by atoms with E-state index in [-0.39, 0.29) is 11.4 Å². The summed E-state index contributed by atoms with van der Waals surface area (Å²) in [6.07, 6.45) is 0. The van der Waals surface area contributed by atoms with Crippen LogP contribution in [0, 0.1) is 5.82 Å². The third-order valence-electron chi connectivity index (χ3n) is 4.13. The highest BCUT2D eigenvalue weighted by molar-refractivity contribution is 7.98. The van der Waals surface area contributed by atoms with E-state index in [9.17, 15) is 9.18 Å². The van der Waals surface area contributed by atoms with Crippen LogP contribution in [0.5, 0.6) is 5.75 Å². The predicted molar refractivity (Wildman–Crippen MR) is 114 cm³/mol. The maximum absolute atomic E-state index is 13.2. The van der Waals surface area contributed by atoms with E-state index >= 15 is 0 Å². The number of nitrogens with zero attached hydrogens (tertiary/aromatic N) is 1. The minimum absolute atomic E-state index is 0.165. The average molecular weight is 413 g/mol. The number of thioether (sulfide) groups is 1. The quantitative estimate of drug-likeness (QED) is 0.429. The summed E-state index contributed by atoms with van der Waals surface area (Å²) in [6, 6.07) is 15.8. The van der Waals surface area contributed by atoms with Gasteiger partial charge in [0.05, 0.1) is 17.7 Å². The second-order valence-electron chi connectivity index (χ2n) is 6.06. The number of fused-ring (bicyclic) bond motifs is 1. The molecule has 0 saturated heterocycles. The van der Waals surface area contributed by atoms with Crippen LogP contribution in [-0.4, -0.2) is 22.3 Å². The van der Waals surface area contributed by atoms with Crippen molar-refractivity contribution in [3.05, 3.63) is 82.0 Å². The van der Waals surface area contributed by atoms with Crippen molar-refractivity contribution in [3.63, 3.8) is 0 Å². The molecule has 4 aromatic rings. The molecular weight excluding hydrogens is 395 g/mol. The summed E-state index contributed by atoms with van der Waals surface area (Å²) in [7, 11) is 0. The van der Waals surface area contributed by atoms with Crippen LogP contribution in [0.3, 0.4) is 0 Å². The van der Waals surface area contributed by atoms with Crippen LogP contribution >= 0.6 is 23.1 Å². The van der Waals surface area contributed by atoms with E-state index < -0.39 is 0 Å². The standard InChI is InChI=1S/C21H17FN2O2S2/c22-15-8-6-14(7-9-15)17-12-28-21-19(17)20(25)23-18(24-21)13-27-11-10-26-16-4-2-1-3-5-16/h1-9,12H,10-11,13H2,(H,23,24,25). The van der Waals surface area contributed by atoms with Gasteiger partial charge >= 0.3 is 0 Å². The zero-order valence-electron chi connectivity index (χ0n) is 14.9. The Morgan fingerprint density at radius 2 is 1.89 bits per heavy atom. The van der Waals surface area contributed by atoms with Gasteiger partial charge in [-0.1, -0.05) is 30.3 Å². The molecule has 0 fully saturated rings. The summed E-state index contributed by atoms with van der Waals surface area (Å²) < 4.78 is 18.8. The van der Waals surface area contributed by atoms with Gasteiger partial charge in [0.1, 0.15) is 22.2 Å². The first-order valence-electron chi connectivity index (χ1n) is 8.72. The monoisotopic (exact) mass is 412 g/mol. The fourth-order valence-corrected chi connectivity index (χ4v) is 4.45. The zero-order chi connectivity index (χ0) is 19.3. The Kier molecular flexibility index (Phi) is 5.73. The number of rotatable bonds is 7. The first-order chi connectivity index (χ1) is 13.7. The van der Waals surface area contributed by atoms with E-state index in [0.29, 0.717) is 28.4 Å². The molecule has 0 unspecified atom stereocenters. The molecule has 0 aliphatic rings. The number of para-hydroxylation sites is 1. The van der Waals surface area contributed by atoms with E-state index in [1.54, 1.807) is 23.9 Å². The van der Waals surface area contributed by atoms with Crippen LogP contribution in [-0.2, 0) is 5.75 Å². The van der Waals surface area contributed by atoms with Crippen molar-refractivity contribution in [2.24, 2.45) is 0 Å². The smallest absolute Gasteiger partial charge is 0.260 e.